The lowest BCUT2D eigenvalue weighted by atomic mass is 9.95. The van der Waals surface area contributed by atoms with Gasteiger partial charge in [0.05, 0.1) is 30.5 Å². The third-order valence-corrected chi connectivity index (χ3v) is 5.87. The number of carbonyl (C=O) groups is 2. The Labute approximate surface area is 213 Å². The molecule has 38 heavy (non-hydrogen) atoms. The Kier molecular flexibility index (Phi) is 7.95. The van der Waals surface area contributed by atoms with Crippen LogP contribution in [0.3, 0.4) is 0 Å². The van der Waals surface area contributed by atoms with Gasteiger partial charge in [-0.3, -0.25) is 4.79 Å². The molecule has 13 heteroatoms. The minimum absolute atomic E-state index is 0.0216. The maximum atomic E-state index is 14.3. The highest BCUT2D eigenvalue weighted by atomic mass is 19.3. The number of ether oxygens (including phenoxy) is 3. The van der Waals surface area contributed by atoms with Gasteiger partial charge in [0, 0.05) is 30.6 Å². The number of pyridine rings is 1. The Morgan fingerprint density at radius 2 is 1.82 bits per heavy atom. The predicted octanol–water partition coefficient (Wildman–Crippen LogP) is 5.27. The van der Waals surface area contributed by atoms with Crippen molar-refractivity contribution in [2.24, 2.45) is 0 Å². The quantitative estimate of drug-likeness (QED) is 0.250. The van der Waals surface area contributed by atoms with Crippen molar-refractivity contribution in [3.63, 3.8) is 0 Å². The van der Waals surface area contributed by atoms with Crippen molar-refractivity contribution in [2.75, 3.05) is 32.2 Å². The number of nitrogens with one attached hydrogen (secondary N) is 1. The Bertz CT molecular complexity index is 1390. The molecule has 2 heterocycles. The van der Waals surface area contributed by atoms with E-state index in [0.717, 1.165) is 30.3 Å². The average Bonchev–Trinajstić information content (AvgIpc) is 2.87. The number of benzene rings is 2. The van der Waals surface area contributed by atoms with Gasteiger partial charge in [-0.2, -0.15) is 0 Å². The fourth-order valence-corrected chi connectivity index (χ4v) is 4.06. The highest BCUT2D eigenvalue weighted by molar-refractivity contribution is 5.93. The van der Waals surface area contributed by atoms with Crippen LogP contribution in [-0.4, -0.2) is 48.8 Å². The number of nitrogens with zero attached hydrogens (tertiary/aromatic N) is 2. The summed E-state index contributed by atoms with van der Waals surface area (Å²) in [7, 11) is 1.39. The van der Waals surface area contributed by atoms with Crippen molar-refractivity contribution >= 4 is 28.5 Å². The normalized spacial score (nSPS) is 14.8. The van der Waals surface area contributed by atoms with Gasteiger partial charge < -0.3 is 24.4 Å². The number of carbonyl (C=O) groups excluding carboxylic acids is 2. The molecule has 202 valence electrons. The van der Waals surface area contributed by atoms with Gasteiger partial charge in [-0.25, -0.2) is 31.7 Å². The van der Waals surface area contributed by atoms with Crippen molar-refractivity contribution in [2.45, 2.75) is 26.0 Å². The first-order chi connectivity index (χ1) is 18.1. The summed E-state index contributed by atoms with van der Waals surface area (Å²) in [6.07, 6.45) is -3.08. The van der Waals surface area contributed by atoms with Crippen molar-refractivity contribution < 1.29 is 45.8 Å². The molecule has 0 aliphatic carbocycles. The molecule has 3 aromatic rings. The summed E-state index contributed by atoms with van der Waals surface area (Å²) in [4.78, 5) is 29.6. The van der Waals surface area contributed by atoms with Gasteiger partial charge in [0.15, 0.2) is 11.6 Å². The lowest BCUT2D eigenvalue weighted by molar-refractivity contribution is -0.141. The monoisotopic (exact) mass is 539 g/mol. The molecule has 0 fully saturated rings. The van der Waals surface area contributed by atoms with Crippen LogP contribution < -0.4 is 10.1 Å². The van der Waals surface area contributed by atoms with E-state index in [9.17, 15) is 31.5 Å². The molecule has 1 aromatic heterocycles. The van der Waals surface area contributed by atoms with Crippen LogP contribution in [0.15, 0.2) is 30.3 Å². The fourth-order valence-electron chi connectivity index (χ4n) is 4.06. The van der Waals surface area contributed by atoms with Crippen molar-refractivity contribution in [3.05, 3.63) is 64.6 Å². The zero-order chi connectivity index (χ0) is 27.6. The number of hydrogen-bond donors (Lipinski definition) is 1. The fraction of sp³-hybridized carbons (Fsp3) is 0.320. The van der Waals surface area contributed by atoms with Crippen molar-refractivity contribution in [1.29, 1.82) is 0 Å². The van der Waals surface area contributed by atoms with Crippen molar-refractivity contribution in [3.8, 4) is 5.88 Å². The number of rotatable bonds is 7. The Morgan fingerprint density at radius 1 is 1.11 bits per heavy atom. The molecule has 2 aromatic carbocycles. The summed E-state index contributed by atoms with van der Waals surface area (Å²) >= 11 is 0. The van der Waals surface area contributed by atoms with Crippen LogP contribution in [0.4, 0.5) is 32.4 Å². The van der Waals surface area contributed by atoms with E-state index in [4.69, 9.17) is 14.2 Å². The molecule has 2 amide bonds. The van der Waals surface area contributed by atoms with Gasteiger partial charge >= 0.3 is 12.0 Å². The van der Waals surface area contributed by atoms with Crippen LogP contribution in [0.25, 0.3) is 10.8 Å². The molecule has 1 atom stereocenters. The van der Waals surface area contributed by atoms with Crippen LogP contribution >= 0.6 is 0 Å². The Morgan fingerprint density at radius 3 is 2.50 bits per heavy atom. The first-order valence-electron chi connectivity index (χ1n) is 11.3. The van der Waals surface area contributed by atoms with E-state index in [1.54, 1.807) is 0 Å². The highest BCUT2D eigenvalue weighted by Gasteiger charge is 2.32. The Balaban J connectivity index is 1.67. The van der Waals surface area contributed by atoms with Crippen molar-refractivity contribution in [1.82, 2.24) is 9.88 Å². The number of halogens is 5. The topological polar surface area (TPSA) is 90.0 Å². The van der Waals surface area contributed by atoms with E-state index >= 15 is 0 Å². The van der Waals surface area contributed by atoms with Gasteiger partial charge in [0.25, 0.3) is 6.43 Å². The molecule has 0 spiro atoms. The number of hydrogen-bond acceptors (Lipinski definition) is 6. The number of fused-ring (bicyclic) bond motifs is 3. The van der Waals surface area contributed by atoms with E-state index in [1.807, 2.05) is 0 Å². The molecule has 1 aliphatic rings. The second kappa shape index (κ2) is 11.2. The number of anilines is 1. The zero-order valence-corrected chi connectivity index (χ0v) is 20.2. The molecule has 1 N–H and O–H groups in total. The zero-order valence-electron chi connectivity index (χ0n) is 20.2. The minimum Gasteiger partial charge on any atom is -0.474 e. The first kappa shape index (κ1) is 27.0. The number of likely N-dealkylation sites (N-methyl/N-ethyl adjacent to an activating group) is 1. The summed E-state index contributed by atoms with van der Waals surface area (Å²) < 4.78 is 84.3. The van der Waals surface area contributed by atoms with Crippen LogP contribution in [0, 0.1) is 17.5 Å². The smallest absolute Gasteiger partial charge is 0.322 e. The average molecular weight is 539 g/mol. The van der Waals surface area contributed by atoms with Crippen LogP contribution in [0.5, 0.6) is 5.88 Å². The second-order valence-electron chi connectivity index (χ2n) is 8.39. The highest BCUT2D eigenvalue weighted by Crippen LogP contribution is 2.39. The maximum absolute atomic E-state index is 14.3. The molecule has 0 radical (unpaired) electrons. The standard InChI is InChI=1S/C25H22F5N3O5/c1-12(34)37-5-6-38-24-15-9-19(28)18(27)8-14(15)22-20(32-24)10-36-11-21(22)33(2)25(35)31-13-3-4-17(26)16(7-13)23(29)30/h3-4,7-9,21,23H,5-6,10-11H2,1-2H3,(H,31,35)/t21-/m1/s1. The summed E-state index contributed by atoms with van der Waals surface area (Å²) in [5, 5.41) is 2.76. The van der Waals surface area contributed by atoms with Gasteiger partial charge in [0.2, 0.25) is 5.88 Å². The summed E-state index contributed by atoms with van der Waals surface area (Å²) in [6.45, 7) is 0.961. The molecule has 0 unspecified atom stereocenters. The molecular formula is C25H22F5N3O5. The van der Waals surface area contributed by atoms with Gasteiger partial charge in [0.1, 0.15) is 19.0 Å². The number of alkyl halides is 2. The number of esters is 1. The maximum Gasteiger partial charge on any atom is 0.322 e. The van der Waals surface area contributed by atoms with E-state index in [1.165, 1.54) is 18.9 Å². The minimum atomic E-state index is -3.08. The number of urea groups is 1. The van der Waals surface area contributed by atoms with E-state index in [-0.39, 0.29) is 48.8 Å². The lowest BCUT2D eigenvalue weighted by Gasteiger charge is -2.34. The van der Waals surface area contributed by atoms with Crippen LogP contribution in [0.2, 0.25) is 0 Å². The predicted molar refractivity (Wildman–Crippen MR) is 124 cm³/mol. The lowest BCUT2D eigenvalue weighted by Crippen LogP contribution is -2.39. The van der Waals surface area contributed by atoms with Gasteiger partial charge in [-0.1, -0.05) is 0 Å². The number of amides is 2. The summed E-state index contributed by atoms with van der Waals surface area (Å²) in [5.41, 5.74) is -0.264. The SMILES string of the molecule is CC(=O)OCCOc1nc2c(c3cc(F)c(F)cc13)[C@H](N(C)C(=O)Nc1ccc(F)c(C(F)F)c1)COC2. The van der Waals surface area contributed by atoms with Gasteiger partial charge in [-0.05, 0) is 35.7 Å². The second-order valence-corrected chi connectivity index (χ2v) is 8.39. The molecule has 4 rings (SSSR count). The first-order valence-corrected chi connectivity index (χ1v) is 11.3. The Hall–Kier alpha value is -4.00. The van der Waals surface area contributed by atoms with E-state index in [2.05, 4.69) is 10.3 Å². The molecule has 0 bridgehead atoms. The van der Waals surface area contributed by atoms with Crippen LogP contribution in [-0.2, 0) is 20.9 Å². The third-order valence-electron chi connectivity index (χ3n) is 5.87. The van der Waals surface area contributed by atoms with Gasteiger partial charge in [-0.15, -0.1) is 0 Å². The van der Waals surface area contributed by atoms with Crippen LogP contribution in [0.1, 0.15) is 36.2 Å². The molecular weight excluding hydrogens is 517 g/mol. The number of aromatic nitrogens is 1. The molecule has 8 nitrogen and oxygen atoms in total. The molecule has 0 saturated carbocycles. The largest absolute Gasteiger partial charge is 0.474 e. The molecule has 1 aliphatic heterocycles. The summed E-state index contributed by atoms with van der Waals surface area (Å²) in [5.74, 6) is -3.97. The third kappa shape index (κ3) is 5.62. The summed E-state index contributed by atoms with van der Waals surface area (Å²) in [6, 6.07) is 3.05. The van der Waals surface area contributed by atoms with E-state index < -0.39 is 47.5 Å². The van der Waals surface area contributed by atoms with E-state index in [0.29, 0.717) is 11.3 Å². The molecule has 0 saturated heterocycles.